The van der Waals surface area contributed by atoms with Gasteiger partial charge in [0.2, 0.25) is 0 Å². The van der Waals surface area contributed by atoms with Crippen molar-refractivity contribution in [3.05, 3.63) is 28.0 Å². The van der Waals surface area contributed by atoms with Gasteiger partial charge in [0.1, 0.15) is 0 Å². The van der Waals surface area contributed by atoms with Crippen LogP contribution in [-0.2, 0) is 20.0 Å². The maximum absolute atomic E-state index is 4.33. The highest BCUT2D eigenvalue weighted by molar-refractivity contribution is 7.11. The van der Waals surface area contributed by atoms with Crippen molar-refractivity contribution in [1.29, 1.82) is 0 Å². The van der Waals surface area contributed by atoms with Gasteiger partial charge in [-0.05, 0) is 13.3 Å². The molecule has 0 fully saturated rings. The van der Waals surface area contributed by atoms with E-state index >= 15 is 0 Å². The molecule has 1 N–H and O–H groups in total. The van der Waals surface area contributed by atoms with Crippen molar-refractivity contribution in [2.45, 2.75) is 26.8 Å². The lowest BCUT2D eigenvalue weighted by Crippen LogP contribution is -1.97. The van der Waals surface area contributed by atoms with Crippen molar-refractivity contribution < 1.29 is 0 Å². The molecule has 16 heavy (non-hydrogen) atoms. The highest BCUT2D eigenvalue weighted by atomic mass is 32.1. The highest BCUT2D eigenvalue weighted by Gasteiger charge is 2.04. The summed E-state index contributed by atoms with van der Waals surface area (Å²) in [5.41, 5.74) is 2.12. The number of nitrogens with zero attached hydrogens (tertiary/aromatic N) is 3. The zero-order chi connectivity index (χ0) is 11.5. The first-order chi connectivity index (χ1) is 7.69. The quantitative estimate of drug-likeness (QED) is 0.886. The second kappa shape index (κ2) is 4.65. The summed E-state index contributed by atoms with van der Waals surface area (Å²) in [6, 6.07) is 0. The van der Waals surface area contributed by atoms with Crippen molar-refractivity contribution in [1.82, 2.24) is 14.8 Å². The second-order valence-electron chi connectivity index (χ2n) is 3.73. The smallest absolute Gasteiger partial charge is 0.0925 e. The van der Waals surface area contributed by atoms with Gasteiger partial charge in [-0.25, -0.2) is 4.98 Å². The van der Waals surface area contributed by atoms with Crippen LogP contribution in [0.1, 0.15) is 22.5 Å². The molecular weight excluding hydrogens is 220 g/mol. The van der Waals surface area contributed by atoms with Crippen LogP contribution < -0.4 is 5.32 Å². The Hall–Kier alpha value is -1.36. The van der Waals surface area contributed by atoms with Crippen LogP contribution in [0.2, 0.25) is 0 Å². The summed E-state index contributed by atoms with van der Waals surface area (Å²) in [6.07, 6.45) is 4.95. The maximum Gasteiger partial charge on any atom is 0.0925 e. The predicted octanol–water partition coefficient (Wildman–Crippen LogP) is 2.36. The van der Waals surface area contributed by atoms with Crippen LogP contribution in [0, 0.1) is 6.92 Å². The van der Waals surface area contributed by atoms with E-state index in [-0.39, 0.29) is 0 Å². The number of hydrogen-bond acceptors (Lipinski definition) is 4. The number of aryl methyl sites for hydroxylation is 3. The number of nitrogens with one attached hydrogen (secondary N) is 1. The van der Waals surface area contributed by atoms with Crippen LogP contribution in [-0.4, -0.2) is 14.8 Å². The van der Waals surface area contributed by atoms with Crippen molar-refractivity contribution in [3.63, 3.8) is 0 Å². The van der Waals surface area contributed by atoms with Crippen LogP contribution in [0.15, 0.2) is 12.4 Å². The van der Waals surface area contributed by atoms with Crippen molar-refractivity contribution >= 4 is 17.0 Å². The minimum absolute atomic E-state index is 0.824. The molecule has 0 saturated carbocycles. The molecule has 86 valence electrons. The van der Waals surface area contributed by atoms with Crippen molar-refractivity contribution in [2.75, 3.05) is 5.32 Å². The lowest BCUT2D eigenvalue weighted by Gasteiger charge is -2.01. The first-order valence-electron chi connectivity index (χ1n) is 5.36. The van der Waals surface area contributed by atoms with Gasteiger partial charge in [-0.15, -0.1) is 11.3 Å². The summed E-state index contributed by atoms with van der Waals surface area (Å²) in [7, 11) is 1.93. The second-order valence-corrected chi connectivity index (χ2v) is 4.93. The van der Waals surface area contributed by atoms with E-state index < -0.39 is 0 Å². The standard InChI is InChI=1S/C11H16N4S/c1-4-11-13-6-9(16-11)5-12-10-7-15(3)14-8(10)2/h6-7,12H,4-5H2,1-3H3. The van der Waals surface area contributed by atoms with E-state index in [1.54, 1.807) is 11.3 Å². The zero-order valence-corrected chi connectivity index (χ0v) is 10.6. The van der Waals surface area contributed by atoms with Gasteiger partial charge in [0, 0.05) is 24.3 Å². The van der Waals surface area contributed by atoms with Gasteiger partial charge < -0.3 is 5.32 Å². The Morgan fingerprint density at radius 2 is 2.31 bits per heavy atom. The van der Waals surface area contributed by atoms with Crippen LogP contribution in [0.5, 0.6) is 0 Å². The molecule has 2 aromatic rings. The van der Waals surface area contributed by atoms with Gasteiger partial charge >= 0.3 is 0 Å². The molecule has 0 spiro atoms. The zero-order valence-electron chi connectivity index (χ0n) is 9.82. The van der Waals surface area contributed by atoms with Crippen LogP contribution >= 0.6 is 11.3 Å². The molecule has 4 nitrogen and oxygen atoms in total. The van der Waals surface area contributed by atoms with Crippen molar-refractivity contribution in [2.24, 2.45) is 7.05 Å². The fourth-order valence-electron chi connectivity index (χ4n) is 1.55. The van der Waals surface area contributed by atoms with E-state index in [0.29, 0.717) is 0 Å². The third-order valence-corrected chi connectivity index (χ3v) is 3.51. The predicted molar refractivity (Wildman–Crippen MR) is 66.8 cm³/mol. The minimum Gasteiger partial charge on any atom is -0.377 e. The number of rotatable bonds is 4. The van der Waals surface area contributed by atoms with Gasteiger partial charge in [-0.2, -0.15) is 5.10 Å². The summed E-state index contributed by atoms with van der Waals surface area (Å²) in [5.74, 6) is 0. The van der Waals surface area contributed by atoms with Crippen molar-refractivity contribution in [3.8, 4) is 0 Å². The average molecular weight is 236 g/mol. The molecule has 2 heterocycles. The molecule has 0 saturated heterocycles. The molecule has 2 rings (SSSR count). The third-order valence-electron chi connectivity index (χ3n) is 2.37. The average Bonchev–Trinajstić information content (AvgIpc) is 2.82. The summed E-state index contributed by atoms with van der Waals surface area (Å²) >= 11 is 1.76. The van der Waals surface area contributed by atoms with Gasteiger partial charge in [-0.1, -0.05) is 6.92 Å². The summed E-state index contributed by atoms with van der Waals surface area (Å²) in [6.45, 7) is 4.96. The molecule has 0 aromatic carbocycles. The topological polar surface area (TPSA) is 42.7 Å². The lowest BCUT2D eigenvalue weighted by molar-refractivity contribution is 0.756. The summed E-state index contributed by atoms with van der Waals surface area (Å²) in [5, 5.41) is 8.86. The van der Waals surface area contributed by atoms with E-state index in [9.17, 15) is 0 Å². The fourth-order valence-corrected chi connectivity index (χ4v) is 2.35. The monoisotopic (exact) mass is 236 g/mol. The first kappa shape index (κ1) is 11.1. The van der Waals surface area contributed by atoms with E-state index in [1.165, 1.54) is 9.88 Å². The normalized spacial score (nSPS) is 10.7. The Kier molecular flexibility index (Phi) is 3.24. The Balaban J connectivity index is 1.99. The highest BCUT2D eigenvalue weighted by Crippen LogP contribution is 2.17. The molecule has 0 atom stereocenters. The molecule has 0 radical (unpaired) electrons. The molecular formula is C11H16N4S. The third kappa shape index (κ3) is 2.41. The Labute approximate surface area is 99.3 Å². The molecule has 0 amide bonds. The van der Waals surface area contributed by atoms with E-state index in [0.717, 1.165) is 24.3 Å². The molecule has 0 aliphatic heterocycles. The van der Waals surface area contributed by atoms with Crippen LogP contribution in [0.3, 0.4) is 0 Å². The number of thiazole rings is 1. The largest absolute Gasteiger partial charge is 0.377 e. The molecule has 2 aromatic heterocycles. The Morgan fingerprint density at radius 1 is 1.50 bits per heavy atom. The maximum atomic E-state index is 4.33. The van der Waals surface area contributed by atoms with Gasteiger partial charge in [0.05, 0.1) is 22.9 Å². The lowest BCUT2D eigenvalue weighted by atomic mass is 10.4. The van der Waals surface area contributed by atoms with E-state index in [4.69, 9.17) is 0 Å². The number of aromatic nitrogens is 3. The number of hydrogen-bond donors (Lipinski definition) is 1. The molecule has 0 aliphatic carbocycles. The van der Waals surface area contributed by atoms with Gasteiger partial charge in [-0.3, -0.25) is 4.68 Å². The molecule has 0 unspecified atom stereocenters. The van der Waals surface area contributed by atoms with E-state index in [1.807, 2.05) is 31.0 Å². The summed E-state index contributed by atoms with van der Waals surface area (Å²) in [4.78, 5) is 5.60. The van der Waals surface area contributed by atoms with Gasteiger partial charge in [0.25, 0.3) is 0 Å². The van der Waals surface area contributed by atoms with E-state index in [2.05, 4.69) is 22.3 Å². The Morgan fingerprint density at radius 3 is 2.88 bits per heavy atom. The minimum atomic E-state index is 0.824. The SMILES string of the molecule is CCc1ncc(CNc2cn(C)nc2C)s1. The molecule has 0 aliphatic rings. The van der Waals surface area contributed by atoms with Crippen LogP contribution in [0.4, 0.5) is 5.69 Å². The molecule has 5 heteroatoms. The summed E-state index contributed by atoms with van der Waals surface area (Å²) < 4.78 is 1.82. The molecule has 0 bridgehead atoms. The first-order valence-corrected chi connectivity index (χ1v) is 6.18. The van der Waals surface area contributed by atoms with Gasteiger partial charge in [0.15, 0.2) is 0 Å². The fraction of sp³-hybridized carbons (Fsp3) is 0.455. The Bertz CT molecular complexity index is 472. The van der Waals surface area contributed by atoms with Crippen LogP contribution in [0.25, 0.3) is 0 Å². The number of anilines is 1.